The van der Waals surface area contributed by atoms with Crippen molar-refractivity contribution in [3.8, 4) is 11.1 Å². The zero-order valence-electron chi connectivity index (χ0n) is 16.8. The highest BCUT2D eigenvalue weighted by Crippen LogP contribution is 2.25. The number of amides is 1. The van der Waals surface area contributed by atoms with Crippen molar-refractivity contribution in [2.45, 2.75) is 45.6 Å². The van der Waals surface area contributed by atoms with Gasteiger partial charge in [-0.15, -0.1) is 0 Å². The van der Waals surface area contributed by atoms with Gasteiger partial charge < -0.3 is 9.64 Å². The zero-order chi connectivity index (χ0) is 19.4. The lowest BCUT2D eigenvalue weighted by Crippen LogP contribution is -2.53. The zero-order valence-corrected chi connectivity index (χ0v) is 16.8. The number of morpholine rings is 1. The third kappa shape index (κ3) is 4.76. The molecule has 2 aromatic carbocycles. The normalized spacial score (nSPS) is 21.3. The lowest BCUT2D eigenvalue weighted by atomic mass is 9.99. The SMILES string of the molecule is CC1CN(C(=O)C(C)N(C)Cc2ccccc2-c2ccccc2)CC(C)O1. The average molecular weight is 367 g/mol. The molecule has 0 aromatic heterocycles. The Kier molecular flexibility index (Phi) is 6.30. The minimum absolute atomic E-state index is 0.0917. The van der Waals surface area contributed by atoms with Crippen LogP contribution >= 0.6 is 0 Å². The predicted molar refractivity (Wildman–Crippen MR) is 109 cm³/mol. The Bertz CT molecular complexity index is 752. The van der Waals surface area contributed by atoms with Crippen LogP contribution < -0.4 is 0 Å². The molecule has 1 fully saturated rings. The quantitative estimate of drug-likeness (QED) is 0.807. The predicted octanol–water partition coefficient (Wildman–Crippen LogP) is 3.81. The molecule has 1 saturated heterocycles. The van der Waals surface area contributed by atoms with Crippen molar-refractivity contribution in [3.05, 3.63) is 60.2 Å². The molecule has 2 aromatic rings. The summed E-state index contributed by atoms with van der Waals surface area (Å²) < 4.78 is 5.76. The molecule has 4 nitrogen and oxygen atoms in total. The van der Waals surface area contributed by atoms with Crippen LogP contribution in [0.15, 0.2) is 54.6 Å². The van der Waals surface area contributed by atoms with E-state index in [4.69, 9.17) is 4.74 Å². The molecule has 0 spiro atoms. The van der Waals surface area contributed by atoms with Crippen molar-refractivity contribution in [1.29, 1.82) is 0 Å². The van der Waals surface area contributed by atoms with Crippen LogP contribution in [-0.4, -0.2) is 54.1 Å². The molecule has 1 aliphatic rings. The molecule has 0 saturated carbocycles. The smallest absolute Gasteiger partial charge is 0.239 e. The lowest BCUT2D eigenvalue weighted by Gasteiger charge is -2.38. The first-order valence-electron chi connectivity index (χ1n) is 9.73. The summed E-state index contributed by atoms with van der Waals surface area (Å²) in [7, 11) is 2.03. The van der Waals surface area contributed by atoms with Crippen molar-refractivity contribution < 1.29 is 9.53 Å². The fourth-order valence-electron chi connectivity index (χ4n) is 3.77. The summed E-state index contributed by atoms with van der Waals surface area (Å²) >= 11 is 0. The second-order valence-corrected chi connectivity index (χ2v) is 7.61. The van der Waals surface area contributed by atoms with Crippen LogP contribution in [0.25, 0.3) is 11.1 Å². The molecule has 144 valence electrons. The van der Waals surface area contributed by atoms with Gasteiger partial charge in [0, 0.05) is 19.6 Å². The van der Waals surface area contributed by atoms with Gasteiger partial charge in [-0.05, 0) is 44.5 Å². The molecular formula is C23H30N2O2. The Hall–Kier alpha value is -2.17. The summed E-state index contributed by atoms with van der Waals surface area (Å²) in [6.45, 7) is 8.12. The molecule has 0 radical (unpaired) electrons. The summed E-state index contributed by atoms with van der Waals surface area (Å²) in [4.78, 5) is 17.1. The topological polar surface area (TPSA) is 32.8 Å². The molecule has 0 N–H and O–H groups in total. The molecule has 4 heteroatoms. The molecule has 27 heavy (non-hydrogen) atoms. The average Bonchev–Trinajstić information content (AvgIpc) is 2.67. The van der Waals surface area contributed by atoms with Gasteiger partial charge in [0.05, 0.1) is 18.2 Å². The fraction of sp³-hybridized carbons (Fsp3) is 0.435. The van der Waals surface area contributed by atoms with Crippen molar-refractivity contribution >= 4 is 5.91 Å². The molecule has 3 rings (SSSR count). The number of rotatable bonds is 5. The highest BCUT2D eigenvalue weighted by molar-refractivity contribution is 5.81. The van der Waals surface area contributed by atoms with Crippen LogP contribution in [0.5, 0.6) is 0 Å². The number of carbonyl (C=O) groups excluding carboxylic acids is 1. The van der Waals surface area contributed by atoms with Crippen LogP contribution in [-0.2, 0) is 16.1 Å². The molecule has 1 amide bonds. The minimum atomic E-state index is -0.175. The van der Waals surface area contributed by atoms with Gasteiger partial charge in [0.2, 0.25) is 5.91 Å². The molecule has 0 bridgehead atoms. The molecule has 1 heterocycles. The molecular weight excluding hydrogens is 336 g/mol. The van der Waals surface area contributed by atoms with E-state index >= 15 is 0 Å². The van der Waals surface area contributed by atoms with Gasteiger partial charge in [-0.2, -0.15) is 0 Å². The maximum atomic E-state index is 13.0. The van der Waals surface area contributed by atoms with Gasteiger partial charge in [-0.1, -0.05) is 54.6 Å². The largest absolute Gasteiger partial charge is 0.372 e. The van der Waals surface area contributed by atoms with Crippen molar-refractivity contribution in [1.82, 2.24) is 9.80 Å². The van der Waals surface area contributed by atoms with Gasteiger partial charge in [-0.3, -0.25) is 9.69 Å². The Morgan fingerprint density at radius 3 is 2.33 bits per heavy atom. The maximum absolute atomic E-state index is 13.0. The highest BCUT2D eigenvalue weighted by atomic mass is 16.5. The third-order valence-electron chi connectivity index (χ3n) is 5.27. The van der Waals surface area contributed by atoms with E-state index < -0.39 is 0 Å². The fourth-order valence-corrected chi connectivity index (χ4v) is 3.77. The number of carbonyl (C=O) groups is 1. The maximum Gasteiger partial charge on any atom is 0.239 e. The monoisotopic (exact) mass is 366 g/mol. The van der Waals surface area contributed by atoms with E-state index in [-0.39, 0.29) is 24.2 Å². The molecule has 3 unspecified atom stereocenters. The van der Waals surface area contributed by atoms with Gasteiger partial charge in [0.15, 0.2) is 0 Å². The molecule has 3 atom stereocenters. The van der Waals surface area contributed by atoms with Gasteiger partial charge in [0.25, 0.3) is 0 Å². The Balaban J connectivity index is 1.72. The Morgan fingerprint density at radius 2 is 1.67 bits per heavy atom. The molecule has 1 aliphatic heterocycles. The van der Waals surface area contributed by atoms with Gasteiger partial charge in [-0.25, -0.2) is 0 Å². The van der Waals surface area contributed by atoms with E-state index in [0.717, 1.165) is 6.54 Å². The number of likely N-dealkylation sites (N-methyl/N-ethyl adjacent to an activating group) is 1. The number of hydrogen-bond donors (Lipinski definition) is 0. The van der Waals surface area contributed by atoms with Gasteiger partial charge in [0.1, 0.15) is 0 Å². The summed E-state index contributed by atoms with van der Waals surface area (Å²) in [6.07, 6.45) is 0.183. The van der Waals surface area contributed by atoms with E-state index in [1.807, 2.05) is 38.8 Å². The number of nitrogens with zero attached hydrogens (tertiary/aromatic N) is 2. The van der Waals surface area contributed by atoms with E-state index in [1.54, 1.807) is 0 Å². The summed E-state index contributed by atoms with van der Waals surface area (Å²) in [6, 6.07) is 18.7. The highest BCUT2D eigenvalue weighted by Gasteiger charge is 2.30. The van der Waals surface area contributed by atoms with Crippen molar-refractivity contribution in [2.75, 3.05) is 20.1 Å². The minimum Gasteiger partial charge on any atom is -0.372 e. The first kappa shape index (κ1) is 19.6. The van der Waals surface area contributed by atoms with E-state index in [0.29, 0.717) is 13.1 Å². The summed E-state index contributed by atoms with van der Waals surface area (Å²) in [5.74, 6) is 0.177. The van der Waals surface area contributed by atoms with Crippen molar-refractivity contribution in [3.63, 3.8) is 0 Å². The third-order valence-corrected chi connectivity index (χ3v) is 5.27. The number of ether oxygens (including phenoxy) is 1. The lowest BCUT2D eigenvalue weighted by molar-refractivity contribution is -0.147. The summed E-state index contributed by atoms with van der Waals surface area (Å²) in [5, 5.41) is 0. The number of benzene rings is 2. The van der Waals surface area contributed by atoms with Crippen LogP contribution in [0.1, 0.15) is 26.3 Å². The van der Waals surface area contributed by atoms with E-state index in [2.05, 4.69) is 53.4 Å². The van der Waals surface area contributed by atoms with E-state index in [1.165, 1.54) is 16.7 Å². The Morgan fingerprint density at radius 1 is 1.07 bits per heavy atom. The summed E-state index contributed by atoms with van der Waals surface area (Å²) in [5.41, 5.74) is 3.66. The van der Waals surface area contributed by atoms with Gasteiger partial charge >= 0.3 is 0 Å². The van der Waals surface area contributed by atoms with Crippen LogP contribution in [0.4, 0.5) is 0 Å². The first-order chi connectivity index (χ1) is 13.0. The first-order valence-corrected chi connectivity index (χ1v) is 9.73. The standard InChI is InChI=1S/C23H30N2O2/c1-17-14-25(15-18(2)27-17)23(26)19(3)24(4)16-21-12-8-9-13-22(21)20-10-6-5-7-11-20/h5-13,17-19H,14-16H2,1-4H3. The van der Waals surface area contributed by atoms with Crippen LogP contribution in [0.3, 0.4) is 0 Å². The second kappa shape index (κ2) is 8.68. The van der Waals surface area contributed by atoms with E-state index in [9.17, 15) is 4.79 Å². The van der Waals surface area contributed by atoms with Crippen LogP contribution in [0, 0.1) is 0 Å². The molecule has 0 aliphatic carbocycles. The Labute approximate surface area is 162 Å². The van der Waals surface area contributed by atoms with Crippen molar-refractivity contribution in [2.24, 2.45) is 0 Å². The number of hydrogen-bond acceptors (Lipinski definition) is 3. The second-order valence-electron chi connectivity index (χ2n) is 7.61. The van der Waals surface area contributed by atoms with Crippen LogP contribution in [0.2, 0.25) is 0 Å².